The van der Waals surface area contributed by atoms with Crippen molar-refractivity contribution < 1.29 is 9.53 Å². The van der Waals surface area contributed by atoms with Crippen molar-refractivity contribution in [2.45, 2.75) is 64.0 Å². The van der Waals surface area contributed by atoms with Crippen molar-refractivity contribution in [3.8, 4) is 0 Å². The number of nitrogens with one attached hydrogen (secondary N) is 1. The summed E-state index contributed by atoms with van der Waals surface area (Å²) < 4.78 is 5.69. The van der Waals surface area contributed by atoms with E-state index in [1.54, 1.807) is 0 Å². The Kier molecular flexibility index (Phi) is 6.11. The third kappa shape index (κ3) is 4.77. The third-order valence-electron chi connectivity index (χ3n) is 4.29. The van der Waals surface area contributed by atoms with E-state index in [9.17, 15) is 4.79 Å². The van der Waals surface area contributed by atoms with Gasteiger partial charge in [-0.05, 0) is 52.0 Å². The summed E-state index contributed by atoms with van der Waals surface area (Å²) in [5.41, 5.74) is 0. The number of amides is 1. The highest BCUT2D eigenvalue weighted by Gasteiger charge is 2.21. The molecule has 0 aromatic heterocycles. The fraction of sp³-hybridized carbons (Fsp3) is 0.933. The van der Waals surface area contributed by atoms with Crippen molar-refractivity contribution in [1.82, 2.24) is 10.2 Å². The summed E-state index contributed by atoms with van der Waals surface area (Å²) in [4.78, 5) is 14.3. The molecule has 2 heterocycles. The topological polar surface area (TPSA) is 41.6 Å². The summed E-state index contributed by atoms with van der Waals surface area (Å²) in [6, 6.07) is 0.509. The Balaban J connectivity index is 1.69. The van der Waals surface area contributed by atoms with Gasteiger partial charge in [0, 0.05) is 32.2 Å². The minimum absolute atomic E-state index is 0.297. The Hall–Kier alpha value is -0.610. The van der Waals surface area contributed by atoms with Crippen molar-refractivity contribution in [2.75, 3.05) is 26.2 Å². The van der Waals surface area contributed by atoms with Crippen LogP contribution in [0.2, 0.25) is 0 Å². The molecule has 19 heavy (non-hydrogen) atoms. The van der Waals surface area contributed by atoms with Gasteiger partial charge >= 0.3 is 0 Å². The van der Waals surface area contributed by atoms with Gasteiger partial charge in [-0.2, -0.15) is 0 Å². The minimum atomic E-state index is 0.297. The van der Waals surface area contributed by atoms with Crippen LogP contribution in [0, 0.1) is 0 Å². The molecule has 4 nitrogen and oxygen atoms in total. The first-order valence-electron chi connectivity index (χ1n) is 7.92. The minimum Gasteiger partial charge on any atom is -0.378 e. The predicted octanol–water partition coefficient (Wildman–Crippen LogP) is 1.94. The van der Waals surface area contributed by atoms with E-state index in [1.165, 1.54) is 25.7 Å². The number of rotatable bonds is 6. The van der Waals surface area contributed by atoms with Crippen LogP contribution in [0.5, 0.6) is 0 Å². The first kappa shape index (κ1) is 14.8. The van der Waals surface area contributed by atoms with Gasteiger partial charge in [0.15, 0.2) is 0 Å². The largest absolute Gasteiger partial charge is 0.378 e. The van der Waals surface area contributed by atoms with E-state index in [-0.39, 0.29) is 0 Å². The van der Waals surface area contributed by atoms with Crippen LogP contribution in [0.15, 0.2) is 0 Å². The van der Waals surface area contributed by atoms with Gasteiger partial charge in [0.1, 0.15) is 0 Å². The summed E-state index contributed by atoms with van der Waals surface area (Å²) in [5, 5.41) is 3.46. The van der Waals surface area contributed by atoms with Gasteiger partial charge in [-0.15, -0.1) is 0 Å². The summed E-state index contributed by atoms with van der Waals surface area (Å²) in [6.45, 7) is 5.75. The lowest BCUT2D eigenvalue weighted by molar-refractivity contribution is -0.132. The number of nitrogens with zero attached hydrogens (tertiary/aromatic N) is 1. The first-order valence-corrected chi connectivity index (χ1v) is 7.92. The van der Waals surface area contributed by atoms with Crippen LogP contribution < -0.4 is 5.32 Å². The van der Waals surface area contributed by atoms with Crippen molar-refractivity contribution >= 4 is 5.91 Å². The van der Waals surface area contributed by atoms with Gasteiger partial charge in [-0.25, -0.2) is 0 Å². The van der Waals surface area contributed by atoms with Crippen LogP contribution in [0.25, 0.3) is 0 Å². The van der Waals surface area contributed by atoms with E-state index in [4.69, 9.17) is 4.74 Å². The van der Waals surface area contributed by atoms with Gasteiger partial charge < -0.3 is 15.0 Å². The molecule has 2 fully saturated rings. The molecule has 1 amide bonds. The van der Waals surface area contributed by atoms with E-state index < -0.39 is 0 Å². The van der Waals surface area contributed by atoms with Crippen molar-refractivity contribution in [3.05, 3.63) is 0 Å². The maximum Gasteiger partial charge on any atom is 0.222 e. The Morgan fingerprint density at radius 3 is 2.84 bits per heavy atom. The Morgan fingerprint density at radius 1 is 1.32 bits per heavy atom. The lowest BCUT2D eigenvalue weighted by Gasteiger charge is -2.26. The van der Waals surface area contributed by atoms with Crippen LogP contribution >= 0.6 is 0 Å². The van der Waals surface area contributed by atoms with Crippen LogP contribution in [0.4, 0.5) is 0 Å². The van der Waals surface area contributed by atoms with Crippen molar-refractivity contribution in [1.29, 1.82) is 0 Å². The highest BCUT2D eigenvalue weighted by atomic mass is 16.5. The number of ether oxygens (including phenoxy) is 1. The Labute approximate surface area is 116 Å². The molecule has 1 N–H and O–H groups in total. The smallest absolute Gasteiger partial charge is 0.222 e. The fourth-order valence-corrected chi connectivity index (χ4v) is 3.06. The molecule has 0 bridgehead atoms. The predicted molar refractivity (Wildman–Crippen MR) is 76.1 cm³/mol. The average Bonchev–Trinajstić information content (AvgIpc) is 2.96. The van der Waals surface area contributed by atoms with Crippen LogP contribution in [-0.4, -0.2) is 49.2 Å². The van der Waals surface area contributed by atoms with Crippen molar-refractivity contribution in [3.63, 3.8) is 0 Å². The highest BCUT2D eigenvalue weighted by molar-refractivity contribution is 5.76. The lowest BCUT2D eigenvalue weighted by Crippen LogP contribution is -2.41. The first-order chi connectivity index (χ1) is 9.29. The molecule has 0 aromatic carbocycles. The van der Waals surface area contributed by atoms with Crippen LogP contribution in [0.3, 0.4) is 0 Å². The zero-order chi connectivity index (χ0) is 13.5. The van der Waals surface area contributed by atoms with Crippen molar-refractivity contribution in [2.24, 2.45) is 0 Å². The molecule has 0 saturated carbocycles. The van der Waals surface area contributed by atoms with Crippen LogP contribution in [0.1, 0.15) is 51.9 Å². The number of likely N-dealkylation sites (N-methyl/N-ethyl adjacent to an activating group) is 1. The normalized spacial score (nSPS) is 27.4. The van der Waals surface area contributed by atoms with Gasteiger partial charge in [-0.3, -0.25) is 4.79 Å². The third-order valence-corrected chi connectivity index (χ3v) is 4.29. The molecule has 2 saturated heterocycles. The second-order valence-corrected chi connectivity index (χ2v) is 5.75. The lowest BCUT2D eigenvalue weighted by atomic mass is 10.0. The van der Waals surface area contributed by atoms with E-state index in [1.807, 2.05) is 4.90 Å². The summed E-state index contributed by atoms with van der Waals surface area (Å²) in [7, 11) is 0. The van der Waals surface area contributed by atoms with E-state index >= 15 is 0 Å². The molecule has 2 rings (SSSR count). The second kappa shape index (κ2) is 7.85. The quantitative estimate of drug-likeness (QED) is 0.800. The van der Waals surface area contributed by atoms with E-state index in [0.29, 0.717) is 24.5 Å². The molecule has 2 unspecified atom stereocenters. The SMILES string of the molecule is CCN(CC1CCCN1)C(=O)CCC1CCCCO1. The number of hydrogen-bond acceptors (Lipinski definition) is 3. The fourth-order valence-electron chi connectivity index (χ4n) is 3.06. The zero-order valence-electron chi connectivity index (χ0n) is 12.2. The second-order valence-electron chi connectivity index (χ2n) is 5.75. The van der Waals surface area contributed by atoms with Gasteiger partial charge in [-0.1, -0.05) is 0 Å². The molecule has 2 atom stereocenters. The Bertz CT molecular complexity index is 271. The molecular weight excluding hydrogens is 240 g/mol. The van der Waals surface area contributed by atoms with Gasteiger partial charge in [0.25, 0.3) is 0 Å². The highest BCUT2D eigenvalue weighted by Crippen LogP contribution is 2.17. The molecule has 0 spiro atoms. The molecule has 0 radical (unpaired) electrons. The maximum atomic E-state index is 12.2. The number of carbonyl (C=O) groups is 1. The zero-order valence-corrected chi connectivity index (χ0v) is 12.2. The monoisotopic (exact) mass is 268 g/mol. The molecule has 2 aliphatic heterocycles. The average molecular weight is 268 g/mol. The van der Waals surface area contributed by atoms with Crippen LogP contribution in [-0.2, 0) is 9.53 Å². The summed E-state index contributed by atoms with van der Waals surface area (Å²) in [6.07, 6.45) is 7.87. The molecule has 110 valence electrons. The van der Waals surface area contributed by atoms with Gasteiger partial charge in [0.2, 0.25) is 5.91 Å². The molecule has 2 aliphatic rings. The number of hydrogen-bond donors (Lipinski definition) is 1. The summed E-state index contributed by atoms with van der Waals surface area (Å²) in [5.74, 6) is 0.297. The maximum absolute atomic E-state index is 12.2. The molecular formula is C15H28N2O2. The summed E-state index contributed by atoms with van der Waals surface area (Å²) >= 11 is 0. The van der Waals surface area contributed by atoms with Gasteiger partial charge in [0.05, 0.1) is 6.10 Å². The van der Waals surface area contributed by atoms with E-state index in [2.05, 4.69) is 12.2 Å². The standard InChI is InChI=1S/C15H28N2O2/c1-2-17(12-13-6-5-10-16-13)15(18)9-8-14-7-3-4-11-19-14/h13-14,16H,2-12H2,1H3. The Morgan fingerprint density at radius 2 is 2.21 bits per heavy atom. The molecule has 4 heteroatoms. The molecule has 0 aliphatic carbocycles. The van der Waals surface area contributed by atoms with E-state index in [0.717, 1.165) is 39.1 Å². The number of carbonyl (C=O) groups excluding carboxylic acids is 1. The molecule has 0 aromatic rings.